The number of esters is 1. The van der Waals surface area contributed by atoms with Gasteiger partial charge in [0.25, 0.3) is 0 Å². The topological polar surface area (TPSA) is 108 Å². The van der Waals surface area contributed by atoms with Crippen LogP contribution < -0.4 is 10.6 Å². The van der Waals surface area contributed by atoms with Gasteiger partial charge < -0.3 is 15.4 Å². The van der Waals surface area contributed by atoms with E-state index < -0.39 is 35.4 Å². The van der Waals surface area contributed by atoms with E-state index in [9.17, 15) is 24.0 Å². The van der Waals surface area contributed by atoms with Gasteiger partial charge in [0.2, 0.25) is 11.8 Å². The van der Waals surface area contributed by atoms with Crippen LogP contribution in [-0.2, 0) is 19.1 Å². The van der Waals surface area contributed by atoms with Crippen molar-refractivity contribution in [1.29, 1.82) is 5.26 Å². The molecule has 0 aromatic heterocycles. The second-order valence-electron chi connectivity index (χ2n) is 6.92. The summed E-state index contributed by atoms with van der Waals surface area (Å²) in [4.78, 5) is 37.8. The minimum atomic E-state index is -1.44. The molecule has 2 aromatic rings. The Hall–Kier alpha value is -3.35. The Labute approximate surface area is 198 Å². The minimum Gasteiger partial charge on any atom is -0.465 e. The molecule has 2 amide bonds. The van der Waals surface area contributed by atoms with Gasteiger partial charge in [0.15, 0.2) is 0 Å². The Kier molecular flexibility index (Phi) is 8.09. The molecule has 170 valence electrons. The Morgan fingerprint density at radius 3 is 2.70 bits per heavy atom. The van der Waals surface area contributed by atoms with Gasteiger partial charge in [-0.2, -0.15) is 5.26 Å². The predicted molar refractivity (Wildman–Crippen MR) is 123 cm³/mol. The SMILES string of the molecule is CCOC(=O)[C@H]1C(=O)NC(SCC(=O)Nc2cccc(Cl)c2)=C(C#N)[C@@H]1c1ccccc1F. The lowest BCUT2D eigenvalue weighted by Gasteiger charge is -2.31. The van der Waals surface area contributed by atoms with E-state index in [1.54, 1.807) is 37.3 Å². The van der Waals surface area contributed by atoms with Crippen LogP contribution in [0.4, 0.5) is 10.1 Å². The molecule has 0 unspecified atom stereocenters. The highest BCUT2D eigenvalue weighted by atomic mass is 35.5. The maximum Gasteiger partial charge on any atom is 0.319 e. The molecule has 33 heavy (non-hydrogen) atoms. The molecule has 0 spiro atoms. The summed E-state index contributed by atoms with van der Waals surface area (Å²) in [6, 6.07) is 14.2. The van der Waals surface area contributed by atoms with Gasteiger partial charge in [-0.1, -0.05) is 47.6 Å². The number of carbonyl (C=O) groups excluding carboxylic acids is 3. The molecule has 1 aliphatic heterocycles. The van der Waals surface area contributed by atoms with E-state index in [0.717, 1.165) is 11.8 Å². The Balaban J connectivity index is 1.91. The number of ether oxygens (including phenoxy) is 1. The van der Waals surface area contributed by atoms with Crippen molar-refractivity contribution in [2.24, 2.45) is 5.92 Å². The first-order chi connectivity index (χ1) is 15.8. The summed E-state index contributed by atoms with van der Waals surface area (Å²) in [5.74, 6) is -5.46. The molecule has 0 aliphatic carbocycles. The summed E-state index contributed by atoms with van der Waals surface area (Å²) in [6.45, 7) is 1.60. The zero-order valence-electron chi connectivity index (χ0n) is 17.4. The maximum absolute atomic E-state index is 14.7. The van der Waals surface area contributed by atoms with Crippen LogP contribution in [0, 0.1) is 23.1 Å². The molecule has 2 N–H and O–H groups in total. The van der Waals surface area contributed by atoms with Crippen LogP contribution in [0.3, 0.4) is 0 Å². The lowest BCUT2D eigenvalue weighted by molar-refractivity contribution is -0.152. The van der Waals surface area contributed by atoms with Gasteiger partial charge in [-0.25, -0.2) is 4.39 Å². The number of amides is 2. The minimum absolute atomic E-state index is 0.0171. The van der Waals surface area contributed by atoms with E-state index in [1.165, 1.54) is 18.2 Å². The first kappa shape index (κ1) is 24.3. The van der Waals surface area contributed by atoms with E-state index in [4.69, 9.17) is 16.3 Å². The number of nitriles is 1. The van der Waals surface area contributed by atoms with Crippen molar-refractivity contribution in [3.05, 3.63) is 75.5 Å². The first-order valence-corrected chi connectivity index (χ1v) is 11.3. The Morgan fingerprint density at radius 2 is 2.03 bits per heavy atom. The number of hydrogen-bond donors (Lipinski definition) is 2. The molecule has 0 saturated carbocycles. The molecule has 0 bridgehead atoms. The smallest absolute Gasteiger partial charge is 0.319 e. The molecule has 3 rings (SSSR count). The largest absolute Gasteiger partial charge is 0.465 e. The number of benzene rings is 2. The van der Waals surface area contributed by atoms with Gasteiger partial charge in [-0.05, 0) is 36.8 Å². The van der Waals surface area contributed by atoms with Crippen molar-refractivity contribution in [3.8, 4) is 6.07 Å². The summed E-state index contributed by atoms with van der Waals surface area (Å²) in [5.41, 5.74) is 0.476. The Morgan fingerprint density at radius 1 is 1.27 bits per heavy atom. The third-order valence-electron chi connectivity index (χ3n) is 4.77. The van der Waals surface area contributed by atoms with E-state index in [1.807, 2.05) is 6.07 Å². The average Bonchev–Trinajstić information content (AvgIpc) is 2.77. The lowest BCUT2D eigenvalue weighted by atomic mass is 9.78. The standard InChI is InChI=1S/C23H19ClFN3O4S/c1-2-32-23(31)20-19(15-8-3-4-9-17(15)25)16(11-26)22(28-21(20)30)33-12-18(29)27-14-7-5-6-13(24)10-14/h3-10,19-20H,2,12H2,1H3,(H,27,29)(H,28,30)/t19-,20+/m0/s1. The van der Waals surface area contributed by atoms with Gasteiger partial charge >= 0.3 is 5.97 Å². The summed E-state index contributed by atoms with van der Waals surface area (Å²) >= 11 is 6.82. The molecular weight excluding hydrogens is 469 g/mol. The molecule has 2 atom stereocenters. The number of hydrogen-bond acceptors (Lipinski definition) is 6. The fourth-order valence-electron chi connectivity index (χ4n) is 3.39. The van der Waals surface area contributed by atoms with Crippen molar-refractivity contribution in [3.63, 3.8) is 0 Å². The molecule has 10 heteroatoms. The first-order valence-electron chi connectivity index (χ1n) is 9.90. The Bertz CT molecular complexity index is 1160. The normalized spacial score (nSPS) is 17.7. The van der Waals surface area contributed by atoms with Crippen molar-refractivity contribution < 1.29 is 23.5 Å². The summed E-state index contributed by atoms with van der Waals surface area (Å²) in [6.07, 6.45) is 0. The van der Waals surface area contributed by atoms with Crippen molar-refractivity contribution in [2.75, 3.05) is 17.7 Å². The molecule has 0 radical (unpaired) electrons. The quantitative estimate of drug-likeness (QED) is 0.451. The highest BCUT2D eigenvalue weighted by molar-refractivity contribution is 8.03. The van der Waals surface area contributed by atoms with Crippen LogP contribution in [-0.4, -0.2) is 30.1 Å². The van der Waals surface area contributed by atoms with Crippen LogP contribution >= 0.6 is 23.4 Å². The van der Waals surface area contributed by atoms with Crippen LogP contribution in [0.15, 0.2) is 59.1 Å². The third kappa shape index (κ3) is 5.72. The summed E-state index contributed by atoms with van der Waals surface area (Å²) in [5, 5.41) is 15.6. The zero-order chi connectivity index (χ0) is 24.0. The predicted octanol–water partition coefficient (Wildman–Crippen LogP) is 3.98. The summed E-state index contributed by atoms with van der Waals surface area (Å²) < 4.78 is 19.7. The molecule has 0 fully saturated rings. The summed E-state index contributed by atoms with van der Waals surface area (Å²) in [7, 11) is 0. The van der Waals surface area contributed by atoms with Gasteiger partial charge in [0.05, 0.1) is 29.0 Å². The van der Waals surface area contributed by atoms with Crippen molar-refractivity contribution in [1.82, 2.24) is 5.32 Å². The van der Waals surface area contributed by atoms with Crippen LogP contribution in [0.1, 0.15) is 18.4 Å². The van der Waals surface area contributed by atoms with E-state index in [2.05, 4.69) is 10.6 Å². The second kappa shape index (κ2) is 11.0. The van der Waals surface area contributed by atoms with Gasteiger partial charge in [0.1, 0.15) is 11.7 Å². The number of thioether (sulfide) groups is 1. The van der Waals surface area contributed by atoms with Gasteiger partial charge in [0, 0.05) is 16.6 Å². The van der Waals surface area contributed by atoms with Crippen LogP contribution in [0.25, 0.3) is 0 Å². The molecule has 2 aromatic carbocycles. The number of nitrogens with one attached hydrogen (secondary N) is 2. The van der Waals surface area contributed by atoms with E-state index in [0.29, 0.717) is 10.7 Å². The van der Waals surface area contributed by atoms with Crippen molar-refractivity contribution in [2.45, 2.75) is 12.8 Å². The van der Waals surface area contributed by atoms with Gasteiger partial charge in [-0.15, -0.1) is 0 Å². The molecule has 1 heterocycles. The fourth-order valence-corrected chi connectivity index (χ4v) is 4.43. The lowest BCUT2D eigenvalue weighted by Crippen LogP contribution is -2.44. The number of rotatable bonds is 7. The second-order valence-corrected chi connectivity index (χ2v) is 8.34. The average molecular weight is 488 g/mol. The van der Waals surface area contributed by atoms with Gasteiger partial charge in [-0.3, -0.25) is 14.4 Å². The molecule has 7 nitrogen and oxygen atoms in total. The van der Waals surface area contributed by atoms with Crippen molar-refractivity contribution >= 4 is 46.8 Å². The molecular formula is C23H19ClFN3O4S. The maximum atomic E-state index is 14.7. The van der Waals surface area contributed by atoms with E-state index in [-0.39, 0.29) is 28.5 Å². The third-order valence-corrected chi connectivity index (χ3v) is 6.02. The number of carbonyl (C=O) groups is 3. The number of anilines is 1. The fraction of sp³-hybridized carbons (Fsp3) is 0.217. The monoisotopic (exact) mass is 487 g/mol. The highest BCUT2D eigenvalue weighted by Gasteiger charge is 2.45. The molecule has 0 saturated heterocycles. The number of halogens is 2. The number of nitrogens with zero attached hydrogens (tertiary/aromatic N) is 1. The van der Waals surface area contributed by atoms with Crippen LogP contribution in [0.5, 0.6) is 0 Å². The number of allylic oxidation sites excluding steroid dienone is 1. The van der Waals surface area contributed by atoms with Crippen LogP contribution in [0.2, 0.25) is 5.02 Å². The van der Waals surface area contributed by atoms with E-state index >= 15 is 0 Å². The zero-order valence-corrected chi connectivity index (χ0v) is 19.0. The molecule has 1 aliphatic rings. The highest BCUT2D eigenvalue weighted by Crippen LogP contribution is 2.41.